The number of hydrogen-bond acceptors (Lipinski definition) is 4. The summed E-state index contributed by atoms with van der Waals surface area (Å²) >= 11 is 0. The van der Waals surface area contributed by atoms with Crippen molar-refractivity contribution in [2.45, 2.75) is 19.3 Å². The van der Waals surface area contributed by atoms with Crippen LogP contribution in [0, 0.1) is 0 Å². The highest BCUT2D eigenvalue weighted by Crippen LogP contribution is 2.04. The van der Waals surface area contributed by atoms with Crippen molar-refractivity contribution in [1.29, 1.82) is 0 Å². The summed E-state index contributed by atoms with van der Waals surface area (Å²) < 4.78 is 4.55. The van der Waals surface area contributed by atoms with Crippen molar-refractivity contribution in [3.63, 3.8) is 0 Å². The van der Waals surface area contributed by atoms with E-state index in [1.165, 1.54) is 13.3 Å². The van der Waals surface area contributed by atoms with Gasteiger partial charge >= 0.3 is 5.97 Å². The average Bonchev–Trinajstić information content (AvgIpc) is 2.29. The van der Waals surface area contributed by atoms with Crippen molar-refractivity contribution in [3.8, 4) is 0 Å². The van der Waals surface area contributed by atoms with Gasteiger partial charge in [-0.2, -0.15) is 0 Å². The Bertz CT molecular complexity index is 332. The maximum atomic E-state index is 11.1. The minimum absolute atomic E-state index is 0.387. The van der Waals surface area contributed by atoms with E-state index in [1.807, 2.05) is 0 Å². The number of esters is 1. The van der Waals surface area contributed by atoms with Crippen molar-refractivity contribution < 1.29 is 14.3 Å². The molecule has 1 aromatic rings. The first-order valence-electron chi connectivity index (χ1n) is 4.75. The Labute approximate surface area is 88.3 Å². The van der Waals surface area contributed by atoms with Gasteiger partial charge in [-0.25, -0.2) is 4.79 Å². The lowest BCUT2D eigenvalue weighted by Gasteiger charge is -2.00. The van der Waals surface area contributed by atoms with Gasteiger partial charge in [-0.3, -0.25) is 4.98 Å². The lowest BCUT2D eigenvalue weighted by Crippen LogP contribution is -2.02. The Kier molecular flexibility index (Phi) is 4.47. The lowest BCUT2D eigenvalue weighted by molar-refractivity contribution is -0.107. The largest absolute Gasteiger partial charge is 0.465 e. The summed E-state index contributed by atoms with van der Waals surface area (Å²) in [4.78, 5) is 25.3. The normalized spacial score (nSPS) is 9.67. The average molecular weight is 207 g/mol. The highest BCUT2D eigenvalue weighted by molar-refractivity contribution is 5.88. The van der Waals surface area contributed by atoms with Gasteiger partial charge in [0, 0.05) is 18.3 Å². The molecule has 0 unspecified atom stereocenters. The predicted octanol–water partition coefficient (Wildman–Crippen LogP) is 1.39. The third-order valence-electron chi connectivity index (χ3n) is 2.00. The Hall–Kier alpha value is -1.71. The molecule has 0 aliphatic rings. The van der Waals surface area contributed by atoms with Crippen LogP contribution in [0.25, 0.3) is 0 Å². The molecule has 0 spiro atoms. The maximum Gasteiger partial charge on any atom is 0.339 e. The molecule has 0 atom stereocenters. The van der Waals surface area contributed by atoms with E-state index in [4.69, 9.17) is 0 Å². The van der Waals surface area contributed by atoms with Gasteiger partial charge in [-0.15, -0.1) is 0 Å². The second kappa shape index (κ2) is 5.90. The molecule has 0 radical (unpaired) electrons. The molecule has 4 heteroatoms. The van der Waals surface area contributed by atoms with Crippen LogP contribution in [-0.4, -0.2) is 24.3 Å². The van der Waals surface area contributed by atoms with Crippen LogP contribution in [0.15, 0.2) is 18.3 Å². The molecule has 0 saturated carbocycles. The van der Waals surface area contributed by atoms with Crippen molar-refractivity contribution in [3.05, 3.63) is 29.6 Å². The van der Waals surface area contributed by atoms with Gasteiger partial charge in [-0.05, 0) is 25.0 Å². The molecule has 1 aromatic heterocycles. The minimum Gasteiger partial charge on any atom is -0.465 e. The summed E-state index contributed by atoms with van der Waals surface area (Å²) in [5.74, 6) is -0.387. The number of aryl methyl sites for hydroxylation is 1. The number of rotatable bonds is 5. The van der Waals surface area contributed by atoms with E-state index in [1.54, 1.807) is 12.1 Å². The van der Waals surface area contributed by atoms with E-state index in [0.717, 1.165) is 24.8 Å². The topological polar surface area (TPSA) is 56.3 Å². The SMILES string of the molecule is COC(=O)c1ccc(CCCC=O)nc1. The van der Waals surface area contributed by atoms with Crippen LogP contribution < -0.4 is 0 Å². The van der Waals surface area contributed by atoms with E-state index in [2.05, 4.69) is 9.72 Å². The Morgan fingerprint density at radius 2 is 2.33 bits per heavy atom. The van der Waals surface area contributed by atoms with Gasteiger partial charge < -0.3 is 9.53 Å². The molecule has 0 fully saturated rings. The summed E-state index contributed by atoms with van der Waals surface area (Å²) in [6.07, 6.45) is 4.46. The van der Waals surface area contributed by atoms with Crippen molar-refractivity contribution >= 4 is 12.3 Å². The van der Waals surface area contributed by atoms with Gasteiger partial charge in [0.1, 0.15) is 6.29 Å². The second-order valence-corrected chi connectivity index (χ2v) is 3.09. The van der Waals surface area contributed by atoms with Crippen LogP contribution in [0.1, 0.15) is 28.9 Å². The number of pyridine rings is 1. The van der Waals surface area contributed by atoms with E-state index < -0.39 is 0 Å². The predicted molar refractivity (Wildman–Crippen MR) is 54.6 cm³/mol. The Balaban J connectivity index is 2.56. The zero-order valence-electron chi connectivity index (χ0n) is 8.60. The molecular formula is C11H13NO3. The standard InChI is InChI=1S/C11H13NO3/c1-15-11(14)9-5-6-10(12-8-9)4-2-3-7-13/h5-8H,2-4H2,1H3. The summed E-state index contributed by atoms with van der Waals surface area (Å²) in [6.45, 7) is 0. The summed E-state index contributed by atoms with van der Waals surface area (Å²) in [6, 6.07) is 3.45. The number of carbonyl (C=O) groups is 2. The third kappa shape index (κ3) is 3.50. The number of methoxy groups -OCH3 is 1. The number of nitrogens with zero attached hydrogens (tertiary/aromatic N) is 1. The van der Waals surface area contributed by atoms with Crippen LogP contribution in [0.3, 0.4) is 0 Å². The quantitative estimate of drug-likeness (QED) is 0.416. The van der Waals surface area contributed by atoms with Crippen molar-refractivity contribution in [1.82, 2.24) is 4.98 Å². The van der Waals surface area contributed by atoms with Crippen LogP contribution in [0.2, 0.25) is 0 Å². The lowest BCUT2D eigenvalue weighted by atomic mass is 10.1. The van der Waals surface area contributed by atoms with Crippen molar-refractivity contribution in [2.75, 3.05) is 7.11 Å². The summed E-state index contributed by atoms with van der Waals surface area (Å²) in [5, 5.41) is 0. The first-order valence-corrected chi connectivity index (χ1v) is 4.75. The van der Waals surface area contributed by atoms with Crippen LogP contribution in [0.5, 0.6) is 0 Å². The molecule has 15 heavy (non-hydrogen) atoms. The first kappa shape index (κ1) is 11.4. The number of hydrogen-bond donors (Lipinski definition) is 0. The molecular weight excluding hydrogens is 194 g/mol. The highest BCUT2D eigenvalue weighted by atomic mass is 16.5. The number of aromatic nitrogens is 1. The second-order valence-electron chi connectivity index (χ2n) is 3.09. The van der Waals surface area contributed by atoms with Crippen LogP contribution in [-0.2, 0) is 16.0 Å². The van der Waals surface area contributed by atoms with E-state index in [9.17, 15) is 9.59 Å². The smallest absolute Gasteiger partial charge is 0.339 e. The van der Waals surface area contributed by atoms with Gasteiger partial charge in [0.05, 0.1) is 12.7 Å². The molecule has 1 rings (SSSR count). The fourth-order valence-corrected chi connectivity index (χ4v) is 1.18. The van der Waals surface area contributed by atoms with Gasteiger partial charge in [0.25, 0.3) is 0 Å². The van der Waals surface area contributed by atoms with Gasteiger partial charge in [0.15, 0.2) is 0 Å². The molecule has 0 saturated heterocycles. The van der Waals surface area contributed by atoms with Crippen LogP contribution >= 0.6 is 0 Å². The summed E-state index contributed by atoms with van der Waals surface area (Å²) in [5.41, 5.74) is 1.32. The van der Waals surface area contributed by atoms with Gasteiger partial charge in [0.2, 0.25) is 0 Å². The fraction of sp³-hybridized carbons (Fsp3) is 0.364. The van der Waals surface area contributed by atoms with E-state index in [-0.39, 0.29) is 5.97 Å². The minimum atomic E-state index is -0.387. The molecule has 4 nitrogen and oxygen atoms in total. The van der Waals surface area contributed by atoms with Gasteiger partial charge in [-0.1, -0.05) is 0 Å². The first-order chi connectivity index (χ1) is 7.27. The zero-order chi connectivity index (χ0) is 11.1. The third-order valence-corrected chi connectivity index (χ3v) is 2.00. The highest BCUT2D eigenvalue weighted by Gasteiger charge is 2.04. The maximum absolute atomic E-state index is 11.1. The van der Waals surface area contributed by atoms with E-state index >= 15 is 0 Å². The molecule has 0 N–H and O–H groups in total. The molecule has 0 aliphatic heterocycles. The fourth-order valence-electron chi connectivity index (χ4n) is 1.18. The summed E-state index contributed by atoms with van der Waals surface area (Å²) in [7, 11) is 1.33. The molecule has 0 amide bonds. The monoisotopic (exact) mass is 207 g/mol. The number of ether oxygens (including phenoxy) is 1. The number of aldehydes is 1. The Morgan fingerprint density at radius 1 is 1.53 bits per heavy atom. The molecule has 1 heterocycles. The van der Waals surface area contributed by atoms with Crippen LogP contribution in [0.4, 0.5) is 0 Å². The van der Waals surface area contributed by atoms with E-state index in [0.29, 0.717) is 12.0 Å². The number of carbonyl (C=O) groups excluding carboxylic acids is 2. The molecule has 0 aliphatic carbocycles. The number of unbranched alkanes of at least 4 members (excludes halogenated alkanes) is 1. The zero-order valence-corrected chi connectivity index (χ0v) is 8.60. The Morgan fingerprint density at radius 3 is 2.87 bits per heavy atom. The molecule has 80 valence electrons. The van der Waals surface area contributed by atoms with Crippen molar-refractivity contribution in [2.24, 2.45) is 0 Å². The molecule has 0 bridgehead atoms. The molecule has 0 aromatic carbocycles.